The van der Waals surface area contributed by atoms with E-state index in [-0.39, 0.29) is 11.7 Å². The average Bonchev–Trinajstić information content (AvgIpc) is 2.63. The van der Waals surface area contributed by atoms with E-state index in [9.17, 15) is 0 Å². The van der Waals surface area contributed by atoms with Gasteiger partial charge in [-0.15, -0.1) is 6.58 Å². The molecule has 0 saturated carbocycles. The van der Waals surface area contributed by atoms with E-state index in [1.165, 1.54) is 24.0 Å². The standard InChI is InChI=1S/C25H34O/c1-5-18-25(4,19-12-13-21(2)3)26-24(23-16-10-7-11-17-23)20-22-14-8-6-9-15-22/h5-11,14-17,21,24H,1,12-13,18-20H2,2-4H3/t24-,25+/m1/s1. The molecule has 2 aromatic carbocycles. The molecule has 0 aliphatic carbocycles. The van der Waals surface area contributed by atoms with Crippen LogP contribution in [0.15, 0.2) is 73.3 Å². The zero-order chi connectivity index (χ0) is 18.8. The van der Waals surface area contributed by atoms with Gasteiger partial charge in [-0.25, -0.2) is 0 Å². The minimum atomic E-state index is -0.175. The second-order valence-electron chi connectivity index (χ2n) is 7.94. The lowest BCUT2D eigenvalue weighted by molar-refractivity contribution is -0.0891. The van der Waals surface area contributed by atoms with E-state index in [2.05, 4.69) is 88.0 Å². The van der Waals surface area contributed by atoms with Crippen molar-refractivity contribution >= 4 is 0 Å². The van der Waals surface area contributed by atoms with Crippen LogP contribution in [-0.4, -0.2) is 5.60 Å². The van der Waals surface area contributed by atoms with Crippen molar-refractivity contribution in [2.24, 2.45) is 5.92 Å². The van der Waals surface area contributed by atoms with Gasteiger partial charge in [0.1, 0.15) is 0 Å². The minimum absolute atomic E-state index is 0.0580. The van der Waals surface area contributed by atoms with Crippen molar-refractivity contribution in [1.82, 2.24) is 0 Å². The van der Waals surface area contributed by atoms with Gasteiger partial charge in [0, 0.05) is 6.42 Å². The van der Waals surface area contributed by atoms with Crippen molar-refractivity contribution in [3.05, 3.63) is 84.4 Å². The summed E-state index contributed by atoms with van der Waals surface area (Å²) in [4.78, 5) is 0. The van der Waals surface area contributed by atoms with Gasteiger partial charge in [0.15, 0.2) is 0 Å². The van der Waals surface area contributed by atoms with Gasteiger partial charge in [-0.2, -0.15) is 0 Å². The molecule has 0 aliphatic heterocycles. The van der Waals surface area contributed by atoms with Gasteiger partial charge in [-0.05, 0) is 36.8 Å². The summed E-state index contributed by atoms with van der Waals surface area (Å²) < 4.78 is 6.78. The summed E-state index contributed by atoms with van der Waals surface area (Å²) in [6, 6.07) is 21.2. The first kappa shape index (κ1) is 20.5. The molecule has 140 valence electrons. The maximum absolute atomic E-state index is 6.78. The van der Waals surface area contributed by atoms with Crippen LogP contribution in [0.3, 0.4) is 0 Å². The van der Waals surface area contributed by atoms with Gasteiger partial charge in [-0.1, -0.05) is 93.4 Å². The molecular weight excluding hydrogens is 316 g/mol. The number of hydrogen-bond acceptors (Lipinski definition) is 1. The summed E-state index contributed by atoms with van der Waals surface area (Å²) in [7, 11) is 0. The van der Waals surface area contributed by atoms with Crippen molar-refractivity contribution in [2.75, 3.05) is 0 Å². The van der Waals surface area contributed by atoms with E-state index in [4.69, 9.17) is 4.74 Å². The molecule has 2 rings (SSSR count). The molecule has 0 radical (unpaired) electrons. The molecule has 1 heteroatoms. The molecule has 0 amide bonds. The Morgan fingerprint density at radius 1 is 1.00 bits per heavy atom. The molecule has 26 heavy (non-hydrogen) atoms. The van der Waals surface area contributed by atoms with E-state index in [0.717, 1.165) is 25.2 Å². The Hall–Kier alpha value is -1.86. The van der Waals surface area contributed by atoms with Gasteiger partial charge in [0.05, 0.1) is 11.7 Å². The highest BCUT2D eigenvalue weighted by Crippen LogP contribution is 2.33. The third-order valence-electron chi connectivity index (χ3n) is 4.93. The Bertz CT molecular complexity index is 632. The van der Waals surface area contributed by atoms with Gasteiger partial charge in [0.2, 0.25) is 0 Å². The van der Waals surface area contributed by atoms with E-state index < -0.39 is 0 Å². The van der Waals surface area contributed by atoms with Crippen LogP contribution in [0.5, 0.6) is 0 Å². The smallest absolute Gasteiger partial charge is 0.0872 e. The molecule has 0 N–H and O–H groups in total. The first-order valence-corrected chi connectivity index (χ1v) is 9.90. The van der Waals surface area contributed by atoms with Crippen molar-refractivity contribution in [3.63, 3.8) is 0 Å². The fourth-order valence-corrected chi connectivity index (χ4v) is 3.47. The number of rotatable bonds is 11. The molecule has 0 unspecified atom stereocenters. The normalized spacial score (nSPS) is 14.8. The van der Waals surface area contributed by atoms with Crippen molar-refractivity contribution in [2.45, 2.75) is 64.6 Å². The van der Waals surface area contributed by atoms with E-state index in [1.807, 2.05) is 6.08 Å². The van der Waals surface area contributed by atoms with Crippen LogP contribution in [0.4, 0.5) is 0 Å². The lowest BCUT2D eigenvalue weighted by Gasteiger charge is -2.34. The van der Waals surface area contributed by atoms with Crippen LogP contribution in [0.25, 0.3) is 0 Å². The molecule has 0 aromatic heterocycles. The lowest BCUT2D eigenvalue weighted by atomic mass is 9.91. The SMILES string of the molecule is C=CC[C@@](C)(CCCC(C)C)O[C@H](Cc1ccccc1)c1ccccc1. The van der Waals surface area contributed by atoms with Crippen molar-refractivity contribution < 1.29 is 4.74 Å². The molecule has 1 nitrogen and oxygen atoms in total. The van der Waals surface area contributed by atoms with E-state index in [0.29, 0.717) is 0 Å². The van der Waals surface area contributed by atoms with Crippen LogP contribution in [0.2, 0.25) is 0 Å². The highest BCUT2D eigenvalue weighted by Gasteiger charge is 2.28. The summed E-state index contributed by atoms with van der Waals surface area (Å²) in [5, 5.41) is 0. The zero-order valence-electron chi connectivity index (χ0n) is 16.7. The van der Waals surface area contributed by atoms with Crippen molar-refractivity contribution in [1.29, 1.82) is 0 Å². The number of ether oxygens (including phenoxy) is 1. The maximum Gasteiger partial charge on any atom is 0.0872 e. The predicted molar refractivity (Wildman–Crippen MR) is 112 cm³/mol. The number of hydrogen-bond donors (Lipinski definition) is 0. The largest absolute Gasteiger partial charge is 0.367 e. The Kier molecular flexibility index (Phi) is 8.12. The summed E-state index contributed by atoms with van der Waals surface area (Å²) in [5.41, 5.74) is 2.38. The van der Waals surface area contributed by atoms with E-state index in [1.54, 1.807) is 0 Å². The fraction of sp³-hybridized carbons (Fsp3) is 0.440. The minimum Gasteiger partial charge on any atom is -0.367 e. The molecule has 0 saturated heterocycles. The molecule has 2 aromatic rings. The molecular formula is C25H34O. The molecule has 0 spiro atoms. The van der Waals surface area contributed by atoms with Gasteiger partial charge >= 0.3 is 0 Å². The Morgan fingerprint density at radius 2 is 1.62 bits per heavy atom. The molecule has 0 heterocycles. The summed E-state index contributed by atoms with van der Waals surface area (Å²) >= 11 is 0. The second kappa shape index (κ2) is 10.3. The van der Waals surface area contributed by atoms with E-state index >= 15 is 0 Å². The Balaban J connectivity index is 2.17. The quantitative estimate of drug-likeness (QED) is 0.391. The summed E-state index contributed by atoms with van der Waals surface area (Å²) in [6.07, 6.45) is 7.32. The molecule has 0 aliphatic rings. The molecule has 0 fully saturated rings. The summed E-state index contributed by atoms with van der Waals surface area (Å²) in [6.45, 7) is 10.8. The molecule has 0 bridgehead atoms. The van der Waals surface area contributed by atoms with Crippen LogP contribution < -0.4 is 0 Å². The first-order valence-electron chi connectivity index (χ1n) is 9.90. The zero-order valence-corrected chi connectivity index (χ0v) is 16.7. The topological polar surface area (TPSA) is 9.23 Å². The highest BCUT2D eigenvalue weighted by atomic mass is 16.5. The van der Waals surface area contributed by atoms with Crippen LogP contribution in [0, 0.1) is 5.92 Å². The second-order valence-corrected chi connectivity index (χ2v) is 7.94. The average molecular weight is 351 g/mol. The van der Waals surface area contributed by atoms with Gasteiger partial charge in [0.25, 0.3) is 0 Å². The van der Waals surface area contributed by atoms with Crippen molar-refractivity contribution in [3.8, 4) is 0 Å². The van der Waals surface area contributed by atoms with Crippen LogP contribution in [0.1, 0.15) is 63.7 Å². The van der Waals surface area contributed by atoms with Crippen LogP contribution in [-0.2, 0) is 11.2 Å². The predicted octanol–water partition coefficient (Wildman–Crippen LogP) is 7.15. The first-order chi connectivity index (χ1) is 12.5. The highest BCUT2D eigenvalue weighted by molar-refractivity contribution is 5.23. The Labute approximate surface area is 160 Å². The lowest BCUT2D eigenvalue weighted by Crippen LogP contribution is -2.31. The monoisotopic (exact) mass is 350 g/mol. The van der Waals surface area contributed by atoms with Gasteiger partial charge in [-0.3, -0.25) is 0 Å². The number of benzene rings is 2. The Morgan fingerprint density at radius 3 is 2.19 bits per heavy atom. The third-order valence-corrected chi connectivity index (χ3v) is 4.93. The maximum atomic E-state index is 6.78. The molecule has 2 atom stereocenters. The van der Waals surface area contributed by atoms with Gasteiger partial charge < -0.3 is 4.74 Å². The fourth-order valence-electron chi connectivity index (χ4n) is 3.47. The van der Waals surface area contributed by atoms with Crippen LogP contribution >= 0.6 is 0 Å². The summed E-state index contributed by atoms with van der Waals surface area (Å²) in [5.74, 6) is 0.734. The third kappa shape index (κ3) is 6.80.